The van der Waals surface area contributed by atoms with Crippen LogP contribution in [0.25, 0.3) is 11.0 Å². The highest BCUT2D eigenvalue weighted by atomic mass is 15.2. The van der Waals surface area contributed by atoms with Gasteiger partial charge in [-0.3, -0.25) is 5.10 Å². The standard InChI is InChI=1S/C12H20N6/c1-3-18(4-2)7-5-6-13-11-10-8-16-17-12(10)15-9-14-11/h8-9H,3-7H2,1-2H3,(H2,13,14,15,16,17). The molecule has 0 saturated carbocycles. The number of aromatic nitrogens is 4. The van der Waals surface area contributed by atoms with Crippen LogP contribution in [0.4, 0.5) is 5.82 Å². The van der Waals surface area contributed by atoms with E-state index >= 15 is 0 Å². The van der Waals surface area contributed by atoms with Crippen LogP contribution < -0.4 is 5.32 Å². The van der Waals surface area contributed by atoms with E-state index in [9.17, 15) is 0 Å². The first-order valence-electron chi connectivity index (χ1n) is 6.45. The second-order valence-corrected chi connectivity index (χ2v) is 4.16. The van der Waals surface area contributed by atoms with Gasteiger partial charge in [0, 0.05) is 6.54 Å². The molecule has 0 atom stereocenters. The second kappa shape index (κ2) is 6.30. The Hall–Kier alpha value is -1.69. The van der Waals surface area contributed by atoms with Crippen molar-refractivity contribution in [2.24, 2.45) is 0 Å². The second-order valence-electron chi connectivity index (χ2n) is 4.16. The van der Waals surface area contributed by atoms with Crippen molar-refractivity contribution in [3.8, 4) is 0 Å². The summed E-state index contributed by atoms with van der Waals surface area (Å²) in [7, 11) is 0. The topological polar surface area (TPSA) is 69.7 Å². The highest BCUT2D eigenvalue weighted by Crippen LogP contribution is 2.15. The fraction of sp³-hybridized carbons (Fsp3) is 0.583. The zero-order valence-electron chi connectivity index (χ0n) is 11.0. The number of hydrogen-bond donors (Lipinski definition) is 2. The first kappa shape index (κ1) is 12.8. The third-order valence-corrected chi connectivity index (χ3v) is 3.09. The molecule has 0 unspecified atom stereocenters. The van der Waals surface area contributed by atoms with Crippen LogP contribution >= 0.6 is 0 Å². The van der Waals surface area contributed by atoms with Gasteiger partial charge in [0.15, 0.2) is 5.65 Å². The minimum atomic E-state index is 0.774. The molecule has 0 bridgehead atoms. The Balaban J connectivity index is 1.85. The average Bonchev–Trinajstić information content (AvgIpc) is 2.88. The van der Waals surface area contributed by atoms with Crippen molar-refractivity contribution in [2.75, 3.05) is 31.5 Å². The predicted octanol–water partition coefficient (Wildman–Crippen LogP) is 1.50. The van der Waals surface area contributed by atoms with Crippen molar-refractivity contribution in [3.05, 3.63) is 12.5 Å². The zero-order valence-corrected chi connectivity index (χ0v) is 11.0. The SMILES string of the molecule is CCN(CC)CCCNc1ncnc2[nH]ncc12. The first-order chi connectivity index (χ1) is 8.85. The molecule has 0 aliphatic heterocycles. The summed E-state index contributed by atoms with van der Waals surface area (Å²) in [6, 6.07) is 0. The van der Waals surface area contributed by atoms with Gasteiger partial charge in [-0.2, -0.15) is 5.10 Å². The Morgan fingerprint density at radius 2 is 2.11 bits per heavy atom. The van der Waals surface area contributed by atoms with Crippen molar-refractivity contribution in [3.63, 3.8) is 0 Å². The Kier molecular flexibility index (Phi) is 4.46. The van der Waals surface area contributed by atoms with E-state index in [1.54, 1.807) is 12.5 Å². The van der Waals surface area contributed by atoms with E-state index in [-0.39, 0.29) is 0 Å². The Morgan fingerprint density at radius 1 is 1.28 bits per heavy atom. The molecular formula is C12H20N6. The minimum absolute atomic E-state index is 0.774. The smallest absolute Gasteiger partial charge is 0.160 e. The zero-order chi connectivity index (χ0) is 12.8. The summed E-state index contributed by atoms with van der Waals surface area (Å²) in [4.78, 5) is 10.8. The van der Waals surface area contributed by atoms with E-state index in [0.717, 1.165) is 49.5 Å². The largest absolute Gasteiger partial charge is 0.369 e. The maximum Gasteiger partial charge on any atom is 0.160 e. The number of nitrogens with one attached hydrogen (secondary N) is 2. The summed E-state index contributed by atoms with van der Waals surface area (Å²) in [6.07, 6.45) is 4.40. The fourth-order valence-electron chi connectivity index (χ4n) is 1.96. The number of fused-ring (bicyclic) bond motifs is 1. The molecule has 0 aliphatic carbocycles. The molecule has 0 spiro atoms. The van der Waals surface area contributed by atoms with Crippen LogP contribution in [0.2, 0.25) is 0 Å². The number of aromatic amines is 1. The lowest BCUT2D eigenvalue weighted by Gasteiger charge is -2.17. The molecular weight excluding hydrogens is 228 g/mol. The van der Waals surface area contributed by atoms with Crippen molar-refractivity contribution >= 4 is 16.9 Å². The Bertz CT molecular complexity index is 476. The lowest BCUT2D eigenvalue weighted by molar-refractivity contribution is 0.303. The molecule has 98 valence electrons. The molecule has 2 heterocycles. The molecule has 2 rings (SSSR count). The molecule has 0 fully saturated rings. The lowest BCUT2D eigenvalue weighted by atomic mass is 10.3. The van der Waals surface area contributed by atoms with Gasteiger partial charge in [-0.25, -0.2) is 9.97 Å². The van der Waals surface area contributed by atoms with Gasteiger partial charge in [-0.15, -0.1) is 0 Å². The molecule has 0 amide bonds. The van der Waals surface area contributed by atoms with E-state index in [4.69, 9.17) is 0 Å². The van der Waals surface area contributed by atoms with Gasteiger partial charge >= 0.3 is 0 Å². The summed E-state index contributed by atoms with van der Waals surface area (Å²) in [5.74, 6) is 0.855. The molecule has 0 aromatic carbocycles. The van der Waals surface area contributed by atoms with Gasteiger partial charge in [0.25, 0.3) is 0 Å². The lowest BCUT2D eigenvalue weighted by Crippen LogP contribution is -2.25. The van der Waals surface area contributed by atoms with Crippen LogP contribution in [0.15, 0.2) is 12.5 Å². The van der Waals surface area contributed by atoms with Crippen LogP contribution in [-0.2, 0) is 0 Å². The van der Waals surface area contributed by atoms with E-state index in [1.165, 1.54) is 0 Å². The molecule has 0 saturated heterocycles. The molecule has 18 heavy (non-hydrogen) atoms. The monoisotopic (exact) mass is 248 g/mol. The van der Waals surface area contributed by atoms with E-state index in [2.05, 4.69) is 44.2 Å². The highest BCUT2D eigenvalue weighted by molar-refractivity contribution is 5.85. The van der Waals surface area contributed by atoms with Gasteiger partial charge in [0.2, 0.25) is 0 Å². The van der Waals surface area contributed by atoms with Crippen LogP contribution in [0.3, 0.4) is 0 Å². The van der Waals surface area contributed by atoms with Crippen LogP contribution in [0.1, 0.15) is 20.3 Å². The van der Waals surface area contributed by atoms with E-state index in [1.807, 2.05) is 0 Å². The average molecular weight is 248 g/mol. The van der Waals surface area contributed by atoms with Crippen molar-refractivity contribution in [1.29, 1.82) is 0 Å². The molecule has 2 N–H and O–H groups in total. The number of H-pyrrole nitrogens is 1. The number of hydrogen-bond acceptors (Lipinski definition) is 5. The minimum Gasteiger partial charge on any atom is -0.369 e. The molecule has 0 radical (unpaired) electrons. The molecule has 2 aromatic heterocycles. The summed E-state index contributed by atoms with van der Waals surface area (Å²) in [5, 5.41) is 11.1. The molecule has 2 aromatic rings. The van der Waals surface area contributed by atoms with Crippen molar-refractivity contribution in [1.82, 2.24) is 25.1 Å². The predicted molar refractivity (Wildman–Crippen MR) is 72.6 cm³/mol. The third-order valence-electron chi connectivity index (χ3n) is 3.09. The van der Waals surface area contributed by atoms with Crippen molar-refractivity contribution < 1.29 is 0 Å². The summed E-state index contributed by atoms with van der Waals surface area (Å²) < 4.78 is 0. The van der Waals surface area contributed by atoms with Gasteiger partial charge in [0.05, 0.1) is 11.6 Å². The van der Waals surface area contributed by atoms with Crippen LogP contribution in [0, 0.1) is 0 Å². The van der Waals surface area contributed by atoms with E-state index < -0.39 is 0 Å². The maximum absolute atomic E-state index is 4.24. The highest BCUT2D eigenvalue weighted by Gasteiger charge is 2.04. The van der Waals surface area contributed by atoms with Crippen molar-refractivity contribution in [2.45, 2.75) is 20.3 Å². The Morgan fingerprint density at radius 3 is 2.89 bits per heavy atom. The molecule has 0 aliphatic rings. The normalized spacial score (nSPS) is 11.3. The summed E-state index contributed by atoms with van der Waals surface area (Å²) >= 11 is 0. The summed E-state index contributed by atoms with van der Waals surface area (Å²) in [6.45, 7) is 8.62. The first-order valence-corrected chi connectivity index (χ1v) is 6.45. The van der Waals surface area contributed by atoms with Gasteiger partial charge in [0.1, 0.15) is 12.1 Å². The number of rotatable bonds is 7. The summed E-state index contributed by atoms with van der Waals surface area (Å²) in [5.41, 5.74) is 0.774. The van der Waals surface area contributed by atoms with Gasteiger partial charge in [-0.05, 0) is 26.1 Å². The fourth-order valence-corrected chi connectivity index (χ4v) is 1.96. The third kappa shape index (κ3) is 2.95. The number of nitrogens with zero attached hydrogens (tertiary/aromatic N) is 4. The maximum atomic E-state index is 4.24. The number of anilines is 1. The van der Waals surface area contributed by atoms with Gasteiger partial charge in [-0.1, -0.05) is 13.8 Å². The van der Waals surface area contributed by atoms with Gasteiger partial charge < -0.3 is 10.2 Å². The Labute approximate surface area is 107 Å². The quantitative estimate of drug-likeness (QED) is 0.727. The van der Waals surface area contributed by atoms with Crippen LogP contribution in [-0.4, -0.2) is 51.2 Å². The molecule has 6 nitrogen and oxygen atoms in total. The molecule has 6 heteroatoms. The van der Waals surface area contributed by atoms with E-state index in [0.29, 0.717) is 0 Å². The van der Waals surface area contributed by atoms with Crippen LogP contribution in [0.5, 0.6) is 0 Å².